The molecule has 0 aliphatic carbocycles. The van der Waals surface area contributed by atoms with Gasteiger partial charge in [0.2, 0.25) is 17.7 Å². The largest absolute Gasteiger partial charge is 0.495 e. The smallest absolute Gasteiger partial charge is 0.226 e. The van der Waals surface area contributed by atoms with E-state index in [9.17, 15) is 14.4 Å². The van der Waals surface area contributed by atoms with E-state index in [-0.39, 0.29) is 24.1 Å². The number of methoxy groups -OCH3 is 1. The van der Waals surface area contributed by atoms with E-state index in [0.29, 0.717) is 17.1 Å². The fourth-order valence-corrected chi connectivity index (χ4v) is 2.77. The SMILES string of the molecule is COc1ccc(NC(=O)CC(NC(C)=O)c2ccc(C)cc2)cc1NC(C)=O. The molecule has 2 aromatic carbocycles. The minimum Gasteiger partial charge on any atom is -0.495 e. The van der Waals surface area contributed by atoms with Crippen molar-refractivity contribution < 1.29 is 19.1 Å². The number of hydrogen-bond donors (Lipinski definition) is 3. The highest BCUT2D eigenvalue weighted by Crippen LogP contribution is 2.28. The van der Waals surface area contributed by atoms with Gasteiger partial charge >= 0.3 is 0 Å². The Morgan fingerprint density at radius 1 is 0.964 bits per heavy atom. The van der Waals surface area contributed by atoms with Crippen molar-refractivity contribution in [3.63, 3.8) is 0 Å². The van der Waals surface area contributed by atoms with Gasteiger partial charge in [-0.2, -0.15) is 0 Å². The first-order chi connectivity index (χ1) is 13.3. The van der Waals surface area contributed by atoms with E-state index in [2.05, 4.69) is 16.0 Å². The molecule has 0 spiro atoms. The number of nitrogens with one attached hydrogen (secondary N) is 3. The van der Waals surface area contributed by atoms with Crippen molar-refractivity contribution in [1.82, 2.24) is 5.32 Å². The molecule has 0 bridgehead atoms. The third-order valence-corrected chi connectivity index (χ3v) is 4.04. The van der Waals surface area contributed by atoms with Crippen molar-refractivity contribution in [2.75, 3.05) is 17.7 Å². The first-order valence-corrected chi connectivity index (χ1v) is 8.87. The lowest BCUT2D eigenvalue weighted by Gasteiger charge is -2.19. The van der Waals surface area contributed by atoms with Crippen molar-refractivity contribution in [2.24, 2.45) is 0 Å². The number of benzene rings is 2. The van der Waals surface area contributed by atoms with Crippen LogP contribution >= 0.6 is 0 Å². The number of hydrogen-bond acceptors (Lipinski definition) is 4. The average Bonchev–Trinajstić information content (AvgIpc) is 2.61. The van der Waals surface area contributed by atoms with Crippen molar-refractivity contribution >= 4 is 29.1 Å². The topological polar surface area (TPSA) is 96.5 Å². The van der Waals surface area contributed by atoms with Gasteiger partial charge in [0.25, 0.3) is 0 Å². The quantitative estimate of drug-likeness (QED) is 0.684. The van der Waals surface area contributed by atoms with Gasteiger partial charge < -0.3 is 20.7 Å². The van der Waals surface area contributed by atoms with Gasteiger partial charge in [0.15, 0.2) is 0 Å². The van der Waals surface area contributed by atoms with Gasteiger partial charge in [-0.1, -0.05) is 29.8 Å². The second kappa shape index (κ2) is 9.55. The third-order valence-electron chi connectivity index (χ3n) is 4.04. The number of carbonyl (C=O) groups is 3. The Bertz CT molecular complexity index is 862. The van der Waals surface area contributed by atoms with E-state index in [4.69, 9.17) is 4.74 Å². The second-order valence-corrected chi connectivity index (χ2v) is 6.51. The van der Waals surface area contributed by atoms with E-state index in [1.165, 1.54) is 21.0 Å². The molecular weight excluding hydrogens is 358 g/mol. The number of ether oxygens (including phenoxy) is 1. The molecule has 148 valence electrons. The van der Waals surface area contributed by atoms with E-state index in [1.807, 2.05) is 31.2 Å². The number of anilines is 2. The minimum atomic E-state index is -0.439. The molecule has 0 radical (unpaired) electrons. The first kappa shape index (κ1) is 21.0. The Balaban J connectivity index is 2.14. The molecule has 0 fully saturated rings. The van der Waals surface area contributed by atoms with Crippen molar-refractivity contribution in [3.8, 4) is 5.75 Å². The Hall–Kier alpha value is -3.35. The summed E-state index contributed by atoms with van der Waals surface area (Å²) in [5.74, 6) is -0.232. The van der Waals surface area contributed by atoms with Crippen LogP contribution < -0.4 is 20.7 Å². The summed E-state index contributed by atoms with van der Waals surface area (Å²) in [6, 6.07) is 12.2. The van der Waals surface area contributed by atoms with Crippen LogP contribution in [-0.4, -0.2) is 24.8 Å². The van der Waals surface area contributed by atoms with E-state index >= 15 is 0 Å². The van der Waals surface area contributed by atoms with Crippen LogP contribution in [0, 0.1) is 6.92 Å². The molecule has 7 heteroatoms. The molecular formula is C21H25N3O4. The van der Waals surface area contributed by atoms with Crippen LogP contribution in [-0.2, 0) is 14.4 Å². The molecule has 0 aromatic heterocycles. The van der Waals surface area contributed by atoms with E-state index in [0.717, 1.165) is 11.1 Å². The van der Waals surface area contributed by atoms with Gasteiger partial charge in [-0.15, -0.1) is 0 Å². The molecule has 1 atom stereocenters. The molecule has 0 saturated carbocycles. The summed E-state index contributed by atoms with van der Waals surface area (Å²) in [6.07, 6.45) is 0.0736. The molecule has 0 saturated heterocycles. The van der Waals surface area contributed by atoms with Crippen LogP contribution in [0.1, 0.15) is 37.4 Å². The molecule has 3 N–H and O–H groups in total. The third kappa shape index (κ3) is 6.12. The maximum Gasteiger partial charge on any atom is 0.226 e. The first-order valence-electron chi connectivity index (χ1n) is 8.87. The number of amides is 3. The minimum absolute atomic E-state index is 0.0736. The summed E-state index contributed by atoms with van der Waals surface area (Å²) in [6.45, 7) is 4.78. The summed E-state index contributed by atoms with van der Waals surface area (Å²) in [5.41, 5.74) is 2.92. The molecule has 2 rings (SSSR count). The maximum atomic E-state index is 12.6. The zero-order chi connectivity index (χ0) is 20.7. The van der Waals surface area contributed by atoms with E-state index in [1.54, 1.807) is 18.2 Å². The van der Waals surface area contributed by atoms with Gasteiger partial charge in [-0.25, -0.2) is 0 Å². The predicted octanol–water partition coefficient (Wildman–Crippen LogP) is 3.17. The molecule has 7 nitrogen and oxygen atoms in total. The van der Waals surface area contributed by atoms with E-state index < -0.39 is 6.04 Å². The fourth-order valence-electron chi connectivity index (χ4n) is 2.77. The Morgan fingerprint density at radius 3 is 2.21 bits per heavy atom. The summed E-state index contributed by atoms with van der Waals surface area (Å²) >= 11 is 0. The van der Waals surface area contributed by atoms with Gasteiger partial charge in [0.1, 0.15) is 5.75 Å². The highest BCUT2D eigenvalue weighted by molar-refractivity contribution is 5.95. The summed E-state index contributed by atoms with van der Waals surface area (Å²) in [4.78, 5) is 35.5. The van der Waals surface area contributed by atoms with Gasteiger partial charge in [-0.05, 0) is 30.7 Å². The normalized spacial score (nSPS) is 11.3. The van der Waals surface area contributed by atoms with Gasteiger partial charge in [0, 0.05) is 19.5 Å². The van der Waals surface area contributed by atoms with Crippen LogP contribution in [0.25, 0.3) is 0 Å². The van der Waals surface area contributed by atoms with Crippen molar-refractivity contribution in [1.29, 1.82) is 0 Å². The summed E-state index contributed by atoms with van der Waals surface area (Å²) < 4.78 is 5.21. The number of aryl methyl sites for hydroxylation is 1. The lowest BCUT2D eigenvalue weighted by atomic mass is 10.0. The summed E-state index contributed by atoms with van der Waals surface area (Å²) in [5, 5.41) is 8.27. The number of rotatable bonds is 7. The molecule has 0 aliphatic heterocycles. The zero-order valence-electron chi connectivity index (χ0n) is 16.5. The maximum absolute atomic E-state index is 12.6. The van der Waals surface area contributed by atoms with Gasteiger partial charge in [-0.3, -0.25) is 14.4 Å². The standard InChI is InChI=1S/C21H25N3O4/c1-13-5-7-16(8-6-13)18(22-14(2)25)12-21(27)24-17-9-10-20(28-4)19(11-17)23-15(3)26/h5-11,18H,12H2,1-4H3,(H,22,25)(H,23,26)(H,24,27). The van der Waals surface area contributed by atoms with Crippen LogP contribution in [0.2, 0.25) is 0 Å². The molecule has 0 heterocycles. The predicted molar refractivity (Wildman–Crippen MR) is 108 cm³/mol. The molecule has 0 aliphatic rings. The monoisotopic (exact) mass is 383 g/mol. The molecule has 28 heavy (non-hydrogen) atoms. The Morgan fingerprint density at radius 2 is 1.64 bits per heavy atom. The summed E-state index contributed by atoms with van der Waals surface area (Å²) in [7, 11) is 1.50. The Labute approximate surface area is 164 Å². The number of carbonyl (C=O) groups excluding carboxylic acids is 3. The van der Waals surface area contributed by atoms with Crippen LogP contribution in [0.5, 0.6) is 5.75 Å². The van der Waals surface area contributed by atoms with Crippen molar-refractivity contribution in [3.05, 3.63) is 53.6 Å². The molecule has 1 unspecified atom stereocenters. The van der Waals surface area contributed by atoms with Crippen LogP contribution in [0.15, 0.2) is 42.5 Å². The average molecular weight is 383 g/mol. The van der Waals surface area contributed by atoms with Crippen LogP contribution in [0.4, 0.5) is 11.4 Å². The second-order valence-electron chi connectivity index (χ2n) is 6.51. The molecule has 3 amide bonds. The molecule has 2 aromatic rings. The lowest BCUT2D eigenvalue weighted by molar-refractivity contribution is -0.120. The Kier molecular flexibility index (Phi) is 7.14. The van der Waals surface area contributed by atoms with Crippen LogP contribution in [0.3, 0.4) is 0 Å². The fraction of sp³-hybridized carbons (Fsp3) is 0.286. The highest BCUT2D eigenvalue weighted by atomic mass is 16.5. The highest BCUT2D eigenvalue weighted by Gasteiger charge is 2.18. The zero-order valence-corrected chi connectivity index (χ0v) is 16.5. The van der Waals surface area contributed by atoms with Gasteiger partial charge in [0.05, 0.1) is 25.3 Å². The lowest BCUT2D eigenvalue weighted by Crippen LogP contribution is -2.29. The van der Waals surface area contributed by atoms with Crippen molar-refractivity contribution in [2.45, 2.75) is 33.2 Å².